The minimum atomic E-state index is 0.211. The Morgan fingerprint density at radius 1 is 1.14 bits per heavy atom. The Morgan fingerprint density at radius 2 is 1.96 bits per heavy atom. The number of piperidine rings is 1. The molecule has 1 atom stereocenters. The van der Waals surface area contributed by atoms with Gasteiger partial charge in [0, 0.05) is 43.5 Å². The summed E-state index contributed by atoms with van der Waals surface area (Å²) in [6.07, 6.45) is 7.05. The first-order valence-corrected chi connectivity index (χ1v) is 10.6. The third-order valence-corrected chi connectivity index (χ3v) is 5.80. The molecular weight excluding hydrogens is 348 g/mol. The molecule has 5 heteroatoms. The highest BCUT2D eigenvalue weighted by Gasteiger charge is 2.25. The Labute approximate surface area is 168 Å². The van der Waals surface area contributed by atoms with E-state index in [1.807, 2.05) is 0 Å². The fourth-order valence-electron chi connectivity index (χ4n) is 4.29. The van der Waals surface area contributed by atoms with Gasteiger partial charge in [0.1, 0.15) is 11.6 Å². The van der Waals surface area contributed by atoms with Crippen molar-refractivity contribution in [3.05, 3.63) is 53.1 Å². The molecule has 0 saturated carbocycles. The lowest BCUT2D eigenvalue weighted by atomic mass is 10.0. The van der Waals surface area contributed by atoms with E-state index < -0.39 is 0 Å². The summed E-state index contributed by atoms with van der Waals surface area (Å²) in [6, 6.07) is 8.88. The number of benzene rings is 1. The van der Waals surface area contributed by atoms with Gasteiger partial charge in [-0.05, 0) is 58.0 Å². The highest BCUT2D eigenvalue weighted by Crippen LogP contribution is 2.28. The molecular formula is C23H32N4O. The van der Waals surface area contributed by atoms with E-state index in [0.29, 0.717) is 6.04 Å². The second-order valence-corrected chi connectivity index (χ2v) is 8.46. The molecule has 0 unspecified atom stereocenters. The summed E-state index contributed by atoms with van der Waals surface area (Å²) in [4.78, 5) is 14.6. The van der Waals surface area contributed by atoms with E-state index in [9.17, 15) is 0 Å². The van der Waals surface area contributed by atoms with E-state index in [1.54, 1.807) is 0 Å². The first-order chi connectivity index (χ1) is 13.6. The van der Waals surface area contributed by atoms with Crippen molar-refractivity contribution in [3.8, 4) is 5.75 Å². The van der Waals surface area contributed by atoms with E-state index in [-0.39, 0.29) is 6.10 Å². The van der Waals surface area contributed by atoms with E-state index in [0.717, 1.165) is 44.2 Å². The van der Waals surface area contributed by atoms with E-state index >= 15 is 0 Å². The van der Waals surface area contributed by atoms with Crippen LogP contribution in [0, 0.1) is 0 Å². The first-order valence-electron chi connectivity index (χ1n) is 10.6. The largest absolute Gasteiger partial charge is 0.491 e. The van der Waals surface area contributed by atoms with Crippen LogP contribution in [0.3, 0.4) is 0 Å². The summed E-state index contributed by atoms with van der Waals surface area (Å²) in [7, 11) is 2.20. The van der Waals surface area contributed by atoms with Gasteiger partial charge in [-0.2, -0.15) is 0 Å². The lowest BCUT2D eigenvalue weighted by Gasteiger charge is -2.32. The minimum Gasteiger partial charge on any atom is -0.491 e. The Balaban J connectivity index is 1.39. The van der Waals surface area contributed by atoms with Crippen molar-refractivity contribution in [1.82, 2.24) is 19.8 Å². The predicted octanol–water partition coefficient (Wildman–Crippen LogP) is 3.98. The van der Waals surface area contributed by atoms with Crippen molar-refractivity contribution in [2.75, 3.05) is 20.1 Å². The van der Waals surface area contributed by atoms with Crippen molar-refractivity contribution in [2.24, 2.45) is 0 Å². The number of fused-ring (bicyclic) bond motifs is 1. The van der Waals surface area contributed by atoms with Gasteiger partial charge in [0.2, 0.25) is 0 Å². The smallest absolute Gasteiger partial charge is 0.145 e. The number of aromatic nitrogens is 2. The number of likely N-dealkylation sites (tertiary alicyclic amines) is 1. The molecule has 1 fully saturated rings. The molecule has 0 spiro atoms. The molecule has 1 aromatic heterocycles. The molecule has 1 aromatic carbocycles. The Morgan fingerprint density at radius 3 is 2.71 bits per heavy atom. The summed E-state index contributed by atoms with van der Waals surface area (Å²) in [5.74, 6) is 1.96. The Hall–Kier alpha value is -1.98. The third-order valence-electron chi connectivity index (χ3n) is 5.80. The Kier molecular flexibility index (Phi) is 5.93. The van der Waals surface area contributed by atoms with Gasteiger partial charge in [0.05, 0.1) is 12.1 Å². The number of rotatable bonds is 5. The van der Waals surface area contributed by atoms with Gasteiger partial charge in [-0.25, -0.2) is 9.97 Å². The summed E-state index contributed by atoms with van der Waals surface area (Å²) < 4.78 is 5.74. The second-order valence-electron chi connectivity index (χ2n) is 8.46. The van der Waals surface area contributed by atoms with Crippen molar-refractivity contribution in [3.63, 3.8) is 0 Å². The molecule has 5 nitrogen and oxygen atoms in total. The van der Waals surface area contributed by atoms with E-state index in [4.69, 9.17) is 14.7 Å². The van der Waals surface area contributed by atoms with E-state index in [2.05, 4.69) is 61.2 Å². The zero-order valence-corrected chi connectivity index (χ0v) is 17.4. The topological polar surface area (TPSA) is 41.5 Å². The minimum absolute atomic E-state index is 0.211. The van der Waals surface area contributed by atoms with Crippen LogP contribution in [0.2, 0.25) is 0 Å². The molecule has 2 aliphatic heterocycles. The summed E-state index contributed by atoms with van der Waals surface area (Å²) in [5, 5.41) is 0. The average molecular weight is 381 g/mol. The van der Waals surface area contributed by atoms with Gasteiger partial charge in [-0.3, -0.25) is 9.80 Å². The lowest BCUT2D eigenvalue weighted by molar-refractivity contribution is 0.178. The number of ether oxygens (including phenoxy) is 1. The van der Waals surface area contributed by atoms with Gasteiger partial charge in [-0.1, -0.05) is 18.6 Å². The number of hydrogen-bond acceptors (Lipinski definition) is 5. The van der Waals surface area contributed by atoms with Crippen LogP contribution >= 0.6 is 0 Å². The van der Waals surface area contributed by atoms with Gasteiger partial charge in [0.15, 0.2) is 0 Å². The van der Waals surface area contributed by atoms with Gasteiger partial charge in [-0.15, -0.1) is 0 Å². The normalized spacial score (nSPS) is 20.9. The quantitative estimate of drug-likeness (QED) is 0.785. The molecule has 28 heavy (non-hydrogen) atoms. The maximum Gasteiger partial charge on any atom is 0.145 e. The highest BCUT2D eigenvalue weighted by atomic mass is 16.5. The monoisotopic (exact) mass is 380 g/mol. The van der Waals surface area contributed by atoms with Gasteiger partial charge < -0.3 is 4.74 Å². The van der Waals surface area contributed by atoms with Crippen LogP contribution in [0.25, 0.3) is 0 Å². The van der Waals surface area contributed by atoms with Crippen LogP contribution in [0.15, 0.2) is 30.5 Å². The van der Waals surface area contributed by atoms with E-state index in [1.165, 1.54) is 36.1 Å². The Bertz CT molecular complexity index is 790. The first kappa shape index (κ1) is 19.3. The number of hydrogen-bond donors (Lipinski definition) is 0. The molecule has 4 rings (SSSR count). The van der Waals surface area contributed by atoms with Crippen molar-refractivity contribution < 1.29 is 4.74 Å². The SMILES string of the molecule is CC(C)Oc1ccc(CN2CCc3nc([C@H]4CCCCN4C)ncc3C2)cc1. The molecule has 0 bridgehead atoms. The molecule has 0 N–H and O–H groups in total. The third kappa shape index (κ3) is 4.53. The van der Waals surface area contributed by atoms with Crippen LogP contribution in [-0.2, 0) is 19.5 Å². The molecule has 2 aliphatic rings. The standard InChI is InChI=1S/C23H32N4O/c1-17(2)28-20-9-7-18(8-10-20)15-27-13-11-21-19(16-27)14-24-23(25-21)22-6-4-5-12-26(22)3/h7-10,14,17,22H,4-6,11-13,15-16H2,1-3H3/t22-/m1/s1. The molecule has 2 aromatic rings. The molecule has 0 aliphatic carbocycles. The van der Waals surface area contributed by atoms with Crippen molar-refractivity contribution >= 4 is 0 Å². The molecule has 0 radical (unpaired) electrons. The lowest BCUT2D eigenvalue weighted by Crippen LogP contribution is -2.33. The zero-order chi connectivity index (χ0) is 19.5. The van der Waals surface area contributed by atoms with Crippen LogP contribution in [0.5, 0.6) is 5.75 Å². The molecule has 3 heterocycles. The molecule has 0 amide bonds. The zero-order valence-electron chi connectivity index (χ0n) is 17.4. The van der Waals surface area contributed by atoms with Gasteiger partial charge >= 0.3 is 0 Å². The summed E-state index contributed by atoms with van der Waals surface area (Å²) in [6.45, 7) is 8.20. The highest BCUT2D eigenvalue weighted by molar-refractivity contribution is 5.28. The van der Waals surface area contributed by atoms with Crippen LogP contribution in [-0.4, -0.2) is 46.0 Å². The van der Waals surface area contributed by atoms with Crippen molar-refractivity contribution in [1.29, 1.82) is 0 Å². The van der Waals surface area contributed by atoms with Gasteiger partial charge in [0.25, 0.3) is 0 Å². The predicted molar refractivity (Wildman–Crippen MR) is 111 cm³/mol. The average Bonchev–Trinajstić information content (AvgIpc) is 2.69. The maximum atomic E-state index is 5.74. The summed E-state index contributed by atoms with van der Waals surface area (Å²) >= 11 is 0. The fourth-order valence-corrected chi connectivity index (χ4v) is 4.29. The van der Waals surface area contributed by atoms with Crippen LogP contribution in [0.4, 0.5) is 0 Å². The summed E-state index contributed by atoms with van der Waals surface area (Å²) in [5.41, 5.74) is 3.86. The number of nitrogens with zero attached hydrogens (tertiary/aromatic N) is 4. The molecule has 150 valence electrons. The maximum absolute atomic E-state index is 5.74. The van der Waals surface area contributed by atoms with Crippen LogP contribution < -0.4 is 4.74 Å². The van der Waals surface area contributed by atoms with Crippen LogP contribution in [0.1, 0.15) is 61.8 Å². The fraction of sp³-hybridized carbons (Fsp3) is 0.565. The van der Waals surface area contributed by atoms with Crippen molar-refractivity contribution in [2.45, 2.75) is 64.8 Å². The molecule has 1 saturated heterocycles. The second kappa shape index (κ2) is 8.58.